The third kappa shape index (κ3) is 11.8. The second-order valence-corrected chi connectivity index (χ2v) is 8.82. The van der Waals surface area contributed by atoms with E-state index in [1.807, 2.05) is 0 Å². The van der Waals surface area contributed by atoms with E-state index in [1.165, 1.54) is 24.3 Å². The zero-order valence-electron chi connectivity index (χ0n) is 19.0. The van der Waals surface area contributed by atoms with Crippen LogP contribution >= 0.6 is 0 Å². The number of ketones is 1. The topological polar surface area (TPSA) is 243 Å². The maximum absolute atomic E-state index is 12.0. The van der Waals surface area contributed by atoms with E-state index in [0.29, 0.717) is 0 Å². The van der Waals surface area contributed by atoms with Gasteiger partial charge >= 0.3 is 5.97 Å². The predicted molar refractivity (Wildman–Crippen MR) is 123 cm³/mol. The summed E-state index contributed by atoms with van der Waals surface area (Å²) in [6, 6.07) is 2.54. The molecule has 0 saturated heterocycles. The molecule has 196 valence electrons. The summed E-state index contributed by atoms with van der Waals surface area (Å²) in [6.45, 7) is 1.08. The quantitative estimate of drug-likeness (QED) is 0.0916. The summed E-state index contributed by atoms with van der Waals surface area (Å²) in [5.74, 6) is -2.99. The molecule has 9 N–H and O–H groups in total. The number of ether oxygens (including phenoxy) is 2. The molecule has 0 saturated carbocycles. The zero-order valence-corrected chi connectivity index (χ0v) is 19.8. The molecule has 14 nitrogen and oxygen atoms in total. The van der Waals surface area contributed by atoms with Crippen molar-refractivity contribution in [1.29, 1.82) is 0 Å². The van der Waals surface area contributed by atoms with Crippen molar-refractivity contribution in [3.63, 3.8) is 0 Å². The summed E-state index contributed by atoms with van der Waals surface area (Å²) >= 11 is 0. The van der Waals surface area contributed by atoms with Crippen LogP contribution in [-0.4, -0.2) is 88.7 Å². The first-order valence-electron chi connectivity index (χ1n) is 10.5. The van der Waals surface area contributed by atoms with Crippen molar-refractivity contribution in [3.05, 3.63) is 29.8 Å². The molecular formula is C20H31N5O9S. The lowest BCUT2D eigenvalue weighted by molar-refractivity contribution is -0.137. The molecule has 1 unspecified atom stereocenters. The Labute approximate surface area is 202 Å². The van der Waals surface area contributed by atoms with E-state index in [2.05, 4.69) is 10.6 Å². The number of nitrogens with one attached hydrogen (secondary N) is 2. The Kier molecular flexibility index (Phi) is 13.0. The number of benzene rings is 1. The standard InChI is InChI=1S/C20H31N5O9S/c21-15(5-6-16(26)27)18(28)17(22)20(30)25-8-10-34-12-11-33-9-7-24-19(29)13-1-3-14(4-2-13)35(23,31)32/h1-4,15,17H,5-12,21-22H2,(H,24,29)(H,25,30)(H,26,27)(H2,23,31,32)/t15?,17-/m1/s1. The average molecular weight is 518 g/mol. The van der Waals surface area contributed by atoms with Crippen molar-refractivity contribution in [2.45, 2.75) is 29.8 Å². The molecule has 1 rings (SSSR count). The second kappa shape index (κ2) is 15.1. The molecule has 0 fully saturated rings. The van der Waals surface area contributed by atoms with Gasteiger partial charge in [0.1, 0.15) is 6.04 Å². The molecule has 0 aliphatic carbocycles. The number of nitrogens with two attached hydrogens (primary N) is 3. The summed E-state index contributed by atoms with van der Waals surface area (Å²) in [5.41, 5.74) is 11.4. The summed E-state index contributed by atoms with van der Waals surface area (Å²) < 4.78 is 33.0. The fourth-order valence-electron chi connectivity index (χ4n) is 2.59. The highest BCUT2D eigenvalue weighted by molar-refractivity contribution is 7.89. The smallest absolute Gasteiger partial charge is 0.303 e. The highest BCUT2D eigenvalue weighted by Gasteiger charge is 2.27. The fraction of sp³-hybridized carbons (Fsp3) is 0.500. The van der Waals surface area contributed by atoms with Crippen LogP contribution in [0, 0.1) is 0 Å². The number of Topliss-reactive ketones (excluding diaryl/α,β-unsaturated/α-hetero) is 1. The molecule has 0 spiro atoms. The molecule has 2 amide bonds. The van der Waals surface area contributed by atoms with Crippen molar-refractivity contribution >= 4 is 33.6 Å². The van der Waals surface area contributed by atoms with Crippen molar-refractivity contribution < 1.29 is 42.2 Å². The largest absolute Gasteiger partial charge is 0.481 e. The Hall–Kier alpha value is -2.95. The third-order valence-electron chi connectivity index (χ3n) is 4.52. The summed E-state index contributed by atoms with van der Waals surface area (Å²) in [6.07, 6.45) is -0.420. The Bertz CT molecular complexity index is 970. The molecule has 1 aromatic carbocycles. The number of sulfonamides is 1. The third-order valence-corrected chi connectivity index (χ3v) is 5.45. The van der Waals surface area contributed by atoms with Gasteiger partial charge in [-0.2, -0.15) is 0 Å². The first kappa shape index (κ1) is 30.1. The predicted octanol–water partition coefficient (Wildman–Crippen LogP) is -2.70. The minimum absolute atomic E-state index is 0.0878. The van der Waals surface area contributed by atoms with Crippen molar-refractivity contribution in [3.8, 4) is 0 Å². The van der Waals surface area contributed by atoms with Crippen LogP contribution in [0.4, 0.5) is 0 Å². The molecule has 0 aromatic heterocycles. The summed E-state index contributed by atoms with van der Waals surface area (Å²) in [5, 5.41) is 18.6. The van der Waals surface area contributed by atoms with Gasteiger partial charge in [0.05, 0.1) is 37.4 Å². The second-order valence-electron chi connectivity index (χ2n) is 7.26. The van der Waals surface area contributed by atoms with Crippen molar-refractivity contribution in [2.24, 2.45) is 16.6 Å². The van der Waals surface area contributed by atoms with Gasteiger partial charge in [-0.3, -0.25) is 19.2 Å². The molecule has 1 aromatic rings. The average Bonchev–Trinajstić information content (AvgIpc) is 2.81. The molecular weight excluding hydrogens is 486 g/mol. The van der Waals surface area contributed by atoms with Crippen LogP contribution in [0.3, 0.4) is 0 Å². The Balaban J connectivity index is 2.10. The zero-order chi connectivity index (χ0) is 26.4. The molecule has 0 aliphatic rings. The first-order valence-corrected chi connectivity index (χ1v) is 12.1. The van der Waals surface area contributed by atoms with Gasteiger partial charge in [-0.05, 0) is 30.7 Å². The Morgan fingerprint density at radius 2 is 1.46 bits per heavy atom. The fourth-order valence-corrected chi connectivity index (χ4v) is 3.11. The number of carbonyl (C=O) groups is 4. The van der Waals surface area contributed by atoms with E-state index in [1.54, 1.807) is 0 Å². The van der Waals surface area contributed by atoms with Gasteiger partial charge in [-0.15, -0.1) is 0 Å². The van der Waals surface area contributed by atoms with E-state index in [9.17, 15) is 27.6 Å². The minimum Gasteiger partial charge on any atom is -0.481 e. The van der Waals surface area contributed by atoms with Crippen LogP contribution in [-0.2, 0) is 33.9 Å². The SMILES string of the molecule is NC(CCC(=O)O)C(=O)[C@@H](N)C(=O)NCCOCCOCCNC(=O)c1ccc(S(N)(=O)=O)cc1. The molecule has 0 bridgehead atoms. The van der Waals surface area contributed by atoms with Gasteiger partial charge in [0.15, 0.2) is 5.78 Å². The molecule has 0 aliphatic heterocycles. The lowest BCUT2D eigenvalue weighted by Crippen LogP contribution is -2.52. The monoisotopic (exact) mass is 517 g/mol. The normalized spacial score (nSPS) is 13.0. The highest BCUT2D eigenvalue weighted by atomic mass is 32.2. The highest BCUT2D eigenvalue weighted by Crippen LogP contribution is 2.08. The molecule has 15 heteroatoms. The number of carboxylic acid groups (broad SMARTS) is 1. The van der Waals surface area contributed by atoms with Gasteiger partial charge in [0.25, 0.3) is 5.91 Å². The van der Waals surface area contributed by atoms with Gasteiger partial charge in [0.2, 0.25) is 15.9 Å². The van der Waals surface area contributed by atoms with Crippen molar-refractivity contribution in [2.75, 3.05) is 39.5 Å². The van der Waals surface area contributed by atoms with E-state index in [-0.39, 0.29) is 62.8 Å². The van der Waals surface area contributed by atoms with Gasteiger partial charge in [-0.25, -0.2) is 13.6 Å². The number of carboxylic acids is 1. The van der Waals surface area contributed by atoms with Crippen LogP contribution in [0.15, 0.2) is 29.2 Å². The minimum atomic E-state index is -3.82. The van der Waals surface area contributed by atoms with Crippen LogP contribution in [0.1, 0.15) is 23.2 Å². The van der Waals surface area contributed by atoms with E-state index >= 15 is 0 Å². The number of primary sulfonamides is 1. The summed E-state index contributed by atoms with van der Waals surface area (Å²) in [4.78, 5) is 46.2. The number of aliphatic carboxylic acids is 1. The Morgan fingerprint density at radius 1 is 0.914 bits per heavy atom. The van der Waals surface area contributed by atoms with E-state index < -0.39 is 45.7 Å². The number of amides is 2. The molecule has 0 radical (unpaired) electrons. The van der Waals surface area contributed by atoms with Gasteiger partial charge in [-0.1, -0.05) is 0 Å². The maximum atomic E-state index is 12.0. The van der Waals surface area contributed by atoms with Crippen LogP contribution in [0.25, 0.3) is 0 Å². The number of hydrogen-bond donors (Lipinski definition) is 6. The van der Waals surface area contributed by atoms with Crippen LogP contribution in [0.5, 0.6) is 0 Å². The number of carbonyl (C=O) groups excluding carboxylic acids is 3. The lowest BCUT2D eigenvalue weighted by atomic mass is 10.0. The summed E-state index contributed by atoms with van der Waals surface area (Å²) in [7, 11) is -3.82. The lowest BCUT2D eigenvalue weighted by Gasteiger charge is -2.15. The molecule has 2 atom stereocenters. The maximum Gasteiger partial charge on any atom is 0.303 e. The van der Waals surface area contributed by atoms with Gasteiger partial charge < -0.3 is 36.7 Å². The number of rotatable bonds is 17. The van der Waals surface area contributed by atoms with E-state index in [4.69, 9.17) is 31.2 Å². The number of hydrogen-bond acceptors (Lipinski definition) is 10. The molecule has 0 heterocycles. The van der Waals surface area contributed by atoms with Crippen molar-refractivity contribution in [1.82, 2.24) is 10.6 Å². The first-order chi connectivity index (χ1) is 16.4. The van der Waals surface area contributed by atoms with Crippen LogP contribution in [0.2, 0.25) is 0 Å². The van der Waals surface area contributed by atoms with E-state index in [0.717, 1.165) is 0 Å². The van der Waals surface area contributed by atoms with Gasteiger partial charge in [0, 0.05) is 25.1 Å². The van der Waals surface area contributed by atoms with Crippen LogP contribution < -0.4 is 27.2 Å². The molecule has 35 heavy (non-hydrogen) atoms. The Morgan fingerprint density at radius 3 is 1.97 bits per heavy atom.